The van der Waals surface area contributed by atoms with Crippen LogP contribution in [0.4, 0.5) is 0 Å². The Morgan fingerprint density at radius 3 is 2.56 bits per heavy atom. The zero-order valence-corrected chi connectivity index (χ0v) is 10.8. The summed E-state index contributed by atoms with van der Waals surface area (Å²) >= 11 is 0. The summed E-state index contributed by atoms with van der Waals surface area (Å²) in [5.41, 5.74) is 1.09. The second-order valence-electron chi connectivity index (χ2n) is 5.02. The number of nitrogens with one attached hydrogen (secondary N) is 1. The van der Waals surface area contributed by atoms with Crippen molar-refractivity contribution >= 4 is 5.91 Å². The van der Waals surface area contributed by atoms with Crippen molar-refractivity contribution in [1.82, 2.24) is 5.32 Å². The molecule has 98 valence electrons. The molecule has 1 aromatic carbocycles. The monoisotopic (exact) mass is 247 g/mol. The number of aliphatic hydroxyl groups is 1. The molecule has 0 bridgehead atoms. The number of aliphatic hydroxyl groups excluding tert-OH is 1. The molecule has 0 heterocycles. The van der Waals surface area contributed by atoms with E-state index in [1.165, 1.54) is 0 Å². The molecule has 2 atom stereocenters. The van der Waals surface area contributed by atoms with Gasteiger partial charge in [-0.15, -0.1) is 0 Å². The van der Waals surface area contributed by atoms with Gasteiger partial charge in [-0.2, -0.15) is 0 Å². The highest BCUT2D eigenvalue weighted by Crippen LogP contribution is 2.42. The summed E-state index contributed by atoms with van der Waals surface area (Å²) in [6.07, 6.45) is 3.01. The number of rotatable bonds is 6. The standard InChI is InChI=1S/C15H21NO2/c1-2-13(10-17)16-15(18)14(12-8-9-12)11-6-4-3-5-7-11/h3-7,12-14,17H,2,8-10H2,1H3,(H,16,18)/t13-,14+/m1/s1. The largest absolute Gasteiger partial charge is 0.394 e. The smallest absolute Gasteiger partial charge is 0.228 e. The molecule has 0 aliphatic heterocycles. The molecule has 1 aliphatic carbocycles. The van der Waals surface area contributed by atoms with Crippen LogP contribution >= 0.6 is 0 Å². The average Bonchev–Trinajstić information content (AvgIpc) is 3.22. The minimum atomic E-state index is -0.123. The third kappa shape index (κ3) is 3.10. The van der Waals surface area contributed by atoms with E-state index in [2.05, 4.69) is 5.32 Å². The third-order valence-electron chi connectivity index (χ3n) is 3.59. The molecule has 1 amide bonds. The van der Waals surface area contributed by atoms with E-state index in [-0.39, 0.29) is 24.5 Å². The third-order valence-corrected chi connectivity index (χ3v) is 3.59. The zero-order chi connectivity index (χ0) is 13.0. The van der Waals surface area contributed by atoms with Gasteiger partial charge in [0.25, 0.3) is 0 Å². The normalized spacial score (nSPS) is 18.1. The Balaban J connectivity index is 2.08. The van der Waals surface area contributed by atoms with E-state index in [0.29, 0.717) is 5.92 Å². The van der Waals surface area contributed by atoms with E-state index in [9.17, 15) is 4.79 Å². The van der Waals surface area contributed by atoms with E-state index in [1.54, 1.807) is 0 Å². The molecule has 0 radical (unpaired) electrons. The Morgan fingerprint density at radius 1 is 1.39 bits per heavy atom. The van der Waals surface area contributed by atoms with Gasteiger partial charge in [-0.05, 0) is 30.7 Å². The van der Waals surface area contributed by atoms with Gasteiger partial charge in [-0.1, -0.05) is 37.3 Å². The Hall–Kier alpha value is -1.35. The molecule has 1 saturated carbocycles. The first-order valence-corrected chi connectivity index (χ1v) is 6.72. The molecule has 2 N–H and O–H groups in total. The average molecular weight is 247 g/mol. The number of carbonyl (C=O) groups excluding carboxylic acids is 1. The molecule has 3 heteroatoms. The number of carbonyl (C=O) groups is 1. The summed E-state index contributed by atoms with van der Waals surface area (Å²) in [5.74, 6) is 0.486. The maximum atomic E-state index is 12.3. The fraction of sp³-hybridized carbons (Fsp3) is 0.533. The quantitative estimate of drug-likeness (QED) is 0.808. The molecule has 1 aromatic rings. The summed E-state index contributed by atoms with van der Waals surface area (Å²) in [5, 5.41) is 12.1. The second kappa shape index (κ2) is 6.01. The predicted molar refractivity (Wildman–Crippen MR) is 71.2 cm³/mol. The SMILES string of the molecule is CC[C@H](CO)NC(=O)[C@@H](c1ccccc1)C1CC1. The van der Waals surface area contributed by atoms with Crippen molar-refractivity contribution in [3.8, 4) is 0 Å². The summed E-state index contributed by atoms with van der Waals surface area (Å²) in [4.78, 5) is 12.3. The molecule has 0 saturated heterocycles. The lowest BCUT2D eigenvalue weighted by Crippen LogP contribution is -2.40. The lowest BCUT2D eigenvalue weighted by molar-refractivity contribution is -0.124. The van der Waals surface area contributed by atoms with Gasteiger partial charge in [0.2, 0.25) is 5.91 Å². The first-order valence-electron chi connectivity index (χ1n) is 6.72. The van der Waals surface area contributed by atoms with Crippen LogP contribution in [-0.4, -0.2) is 23.7 Å². The molecule has 1 fully saturated rings. The van der Waals surface area contributed by atoms with Crippen LogP contribution in [0.1, 0.15) is 37.7 Å². The molecule has 0 aromatic heterocycles. The first-order chi connectivity index (χ1) is 8.76. The Labute approximate surface area is 108 Å². The van der Waals surface area contributed by atoms with Crippen molar-refractivity contribution in [2.75, 3.05) is 6.61 Å². The maximum Gasteiger partial charge on any atom is 0.228 e. The summed E-state index contributed by atoms with van der Waals surface area (Å²) < 4.78 is 0. The van der Waals surface area contributed by atoms with Gasteiger partial charge < -0.3 is 10.4 Å². The minimum absolute atomic E-state index is 0.00835. The van der Waals surface area contributed by atoms with Gasteiger partial charge in [-0.3, -0.25) is 4.79 Å². The fourth-order valence-electron chi connectivity index (χ4n) is 2.30. The van der Waals surface area contributed by atoms with Gasteiger partial charge >= 0.3 is 0 Å². The van der Waals surface area contributed by atoms with Crippen LogP contribution in [0.3, 0.4) is 0 Å². The summed E-state index contributed by atoms with van der Waals surface area (Å²) in [7, 11) is 0. The van der Waals surface area contributed by atoms with Crippen molar-refractivity contribution in [2.24, 2.45) is 5.92 Å². The van der Waals surface area contributed by atoms with E-state index in [1.807, 2.05) is 37.3 Å². The Kier molecular flexibility index (Phi) is 4.37. The lowest BCUT2D eigenvalue weighted by Gasteiger charge is -2.20. The number of benzene rings is 1. The second-order valence-corrected chi connectivity index (χ2v) is 5.02. The topological polar surface area (TPSA) is 49.3 Å². The molecule has 3 nitrogen and oxygen atoms in total. The van der Waals surface area contributed by atoms with Gasteiger partial charge in [0.05, 0.1) is 18.6 Å². The molecule has 0 spiro atoms. The van der Waals surface area contributed by atoms with Gasteiger partial charge in [-0.25, -0.2) is 0 Å². The van der Waals surface area contributed by atoms with Gasteiger partial charge in [0, 0.05) is 0 Å². The lowest BCUT2D eigenvalue weighted by atomic mass is 9.93. The van der Waals surface area contributed by atoms with Crippen LogP contribution in [0.15, 0.2) is 30.3 Å². The highest BCUT2D eigenvalue weighted by molar-refractivity contribution is 5.84. The predicted octanol–water partition coefficient (Wildman–Crippen LogP) is 2.07. The molecule has 0 unspecified atom stereocenters. The summed E-state index contributed by atoms with van der Waals surface area (Å²) in [6, 6.07) is 9.82. The van der Waals surface area contributed by atoms with Crippen molar-refractivity contribution in [2.45, 2.75) is 38.1 Å². The van der Waals surface area contributed by atoms with E-state index in [4.69, 9.17) is 5.11 Å². The Morgan fingerprint density at radius 2 is 2.06 bits per heavy atom. The fourth-order valence-corrected chi connectivity index (χ4v) is 2.30. The Bertz CT molecular complexity index is 383. The maximum absolute atomic E-state index is 12.3. The van der Waals surface area contributed by atoms with Gasteiger partial charge in [0.1, 0.15) is 0 Å². The van der Waals surface area contributed by atoms with Crippen molar-refractivity contribution < 1.29 is 9.90 Å². The van der Waals surface area contributed by atoms with Crippen molar-refractivity contribution in [1.29, 1.82) is 0 Å². The molecule has 2 rings (SSSR count). The van der Waals surface area contributed by atoms with Crippen LogP contribution in [0.25, 0.3) is 0 Å². The number of hydrogen-bond donors (Lipinski definition) is 2. The van der Waals surface area contributed by atoms with E-state index >= 15 is 0 Å². The van der Waals surface area contributed by atoms with Crippen molar-refractivity contribution in [3.63, 3.8) is 0 Å². The van der Waals surface area contributed by atoms with Crippen LogP contribution in [0.2, 0.25) is 0 Å². The minimum Gasteiger partial charge on any atom is -0.394 e. The molecular weight excluding hydrogens is 226 g/mol. The van der Waals surface area contributed by atoms with Gasteiger partial charge in [0.15, 0.2) is 0 Å². The van der Waals surface area contributed by atoms with Crippen LogP contribution in [0, 0.1) is 5.92 Å². The highest BCUT2D eigenvalue weighted by Gasteiger charge is 2.37. The van der Waals surface area contributed by atoms with Crippen molar-refractivity contribution in [3.05, 3.63) is 35.9 Å². The molecule has 1 aliphatic rings. The van der Waals surface area contributed by atoms with E-state index in [0.717, 1.165) is 24.8 Å². The number of amides is 1. The summed E-state index contributed by atoms with van der Waals surface area (Å²) in [6.45, 7) is 1.98. The van der Waals surface area contributed by atoms with Crippen LogP contribution < -0.4 is 5.32 Å². The molecular formula is C15H21NO2. The highest BCUT2D eigenvalue weighted by atomic mass is 16.3. The zero-order valence-electron chi connectivity index (χ0n) is 10.8. The molecule has 18 heavy (non-hydrogen) atoms. The van der Waals surface area contributed by atoms with Crippen LogP contribution in [-0.2, 0) is 4.79 Å². The van der Waals surface area contributed by atoms with Crippen LogP contribution in [0.5, 0.6) is 0 Å². The first kappa shape index (κ1) is 13.1. The van der Waals surface area contributed by atoms with E-state index < -0.39 is 0 Å². The number of hydrogen-bond acceptors (Lipinski definition) is 2.